The van der Waals surface area contributed by atoms with Crippen molar-refractivity contribution in [2.24, 2.45) is 17.8 Å². The first kappa shape index (κ1) is 8.10. The Hall–Kier alpha value is -0.520. The first-order chi connectivity index (χ1) is 5.79. The van der Waals surface area contributed by atoms with Crippen molar-refractivity contribution in [3.63, 3.8) is 0 Å². The van der Waals surface area contributed by atoms with E-state index < -0.39 is 0 Å². The van der Waals surface area contributed by atoms with E-state index in [2.05, 4.69) is 32.1 Å². The maximum Gasteiger partial charge on any atom is -0.0137 e. The number of rotatable bonds is 0. The van der Waals surface area contributed by atoms with Gasteiger partial charge in [-0.15, -0.1) is 0 Å². The monoisotopic (exact) mass is 162 g/mol. The molecule has 0 amide bonds. The molecule has 66 valence electrons. The standard InChI is InChI=1S/C12H18/c1-9-7-8-10(2)12-6-4-3-5-11(9)12/h3-4,7,10-12H,5-6,8H2,1-2H3. The summed E-state index contributed by atoms with van der Waals surface area (Å²) in [6, 6.07) is 0. The quantitative estimate of drug-likeness (QED) is 0.478. The van der Waals surface area contributed by atoms with E-state index in [-0.39, 0.29) is 0 Å². The Kier molecular flexibility index (Phi) is 2.08. The Balaban J connectivity index is 2.23. The number of allylic oxidation sites excluding steroid dienone is 4. The highest BCUT2D eigenvalue weighted by Gasteiger charge is 2.30. The fourth-order valence-corrected chi connectivity index (χ4v) is 2.69. The van der Waals surface area contributed by atoms with Crippen molar-refractivity contribution in [1.82, 2.24) is 0 Å². The molecule has 3 atom stereocenters. The molecule has 2 aliphatic rings. The van der Waals surface area contributed by atoms with E-state index in [1.54, 1.807) is 5.57 Å². The van der Waals surface area contributed by atoms with Gasteiger partial charge in [0.1, 0.15) is 0 Å². The molecule has 2 aliphatic carbocycles. The van der Waals surface area contributed by atoms with Crippen molar-refractivity contribution in [1.29, 1.82) is 0 Å². The number of fused-ring (bicyclic) bond motifs is 1. The third kappa shape index (κ3) is 1.24. The molecule has 0 radical (unpaired) electrons. The topological polar surface area (TPSA) is 0 Å². The Bertz CT molecular complexity index is 222. The van der Waals surface area contributed by atoms with E-state index in [0.717, 1.165) is 17.8 Å². The molecule has 0 aromatic heterocycles. The van der Waals surface area contributed by atoms with Crippen LogP contribution in [0.3, 0.4) is 0 Å². The molecule has 0 nitrogen and oxygen atoms in total. The van der Waals surface area contributed by atoms with Crippen LogP contribution in [0, 0.1) is 17.8 Å². The van der Waals surface area contributed by atoms with Crippen LogP contribution in [0.4, 0.5) is 0 Å². The van der Waals surface area contributed by atoms with Crippen LogP contribution in [0.25, 0.3) is 0 Å². The second-order valence-corrected chi connectivity index (χ2v) is 4.37. The normalized spacial score (nSPS) is 40.5. The SMILES string of the molecule is CC1=CCC(C)C2CC=CCC12. The van der Waals surface area contributed by atoms with Gasteiger partial charge < -0.3 is 0 Å². The van der Waals surface area contributed by atoms with Crippen molar-refractivity contribution < 1.29 is 0 Å². The van der Waals surface area contributed by atoms with Crippen molar-refractivity contribution >= 4 is 0 Å². The van der Waals surface area contributed by atoms with Crippen molar-refractivity contribution in [2.75, 3.05) is 0 Å². The zero-order chi connectivity index (χ0) is 8.55. The van der Waals surface area contributed by atoms with Crippen LogP contribution in [0.5, 0.6) is 0 Å². The summed E-state index contributed by atoms with van der Waals surface area (Å²) in [7, 11) is 0. The van der Waals surface area contributed by atoms with E-state index in [1.165, 1.54) is 19.3 Å². The molecule has 0 aromatic carbocycles. The van der Waals surface area contributed by atoms with Gasteiger partial charge in [-0.05, 0) is 43.9 Å². The van der Waals surface area contributed by atoms with Crippen LogP contribution < -0.4 is 0 Å². The Morgan fingerprint density at radius 3 is 2.67 bits per heavy atom. The van der Waals surface area contributed by atoms with Gasteiger partial charge in [0.15, 0.2) is 0 Å². The maximum absolute atomic E-state index is 2.45. The van der Waals surface area contributed by atoms with Gasteiger partial charge in [0, 0.05) is 0 Å². The second kappa shape index (κ2) is 3.08. The van der Waals surface area contributed by atoms with E-state index in [1.807, 2.05) is 0 Å². The van der Waals surface area contributed by atoms with E-state index in [9.17, 15) is 0 Å². The lowest BCUT2D eigenvalue weighted by molar-refractivity contribution is 0.246. The van der Waals surface area contributed by atoms with Crippen molar-refractivity contribution in [3.8, 4) is 0 Å². The number of hydrogen-bond donors (Lipinski definition) is 0. The van der Waals surface area contributed by atoms with Gasteiger partial charge in [-0.1, -0.05) is 30.7 Å². The van der Waals surface area contributed by atoms with Gasteiger partial charge in [0.05, 0.1) is 0 Å². The Labute approximate surface area is 75.4 Å². The molecule has 0 spiro atoms. The molecule has 0 saturated heterocycles. The van der Waals surface area contributed by atoms with Crippen LogP contribution in [0.15, 0.2) is 23.8 Å². The highest BCUT2D eigenvalue weighted by atomic mass is 14.3. The molecule has 0 N–H and O–H groups in total. The van der Waals surface area contributed by atoms with Crippen LogP contribution in [-0.2, 0) is 0 Å². The lowest BCUT2D eigenvalue weighted by atomic mass is 9.68. The first-order valence-electron chi connectivity index (χ1n) is 5.10. The lowest BCUT2D eigenvalue weighted by Gasteiger charge is -2.37. The number of hydrogen-bond acceptors (Lipinski definition) is 0. The summed E-state index contributed by atoms with van der Waals surface area (Å²) in [6.45, 7) is 4.71. The van der Waals surface area contributed by atoms with Gasteiger partial charge in [-0.3, -0.25) is 0 Å². The first-order valence-corrected chi connectivity index (χ1v) is 5.10. The minimum absolute atomic E-state index is 0.874. The zero-order valence-corrected chi connectivity index (χ0v) is 8.09. The third-order valence-electron chi connectivity index (χ3n) is 3.61. The molecular formula is C12H18. The average Bonchev–Trinajstić information content (AvgIpc) is 2.12. The lowest BCUT2D eigenvalue weighted by Crippen LogP contribution is -2.27. The molecule has 0 bridgehead atoms. The largest absolute Gasteiger partial charge is 0.0882 e. The maximum atomic E-state index is 2.45. The summed E-state index contributed by atoms with van der Waals surface area (Å²) in [6.07, 6.45) is 11.1. The van der Waals surface area contributed by atoms with Crippen LogP contribution in [-0.4, -0.2) is 0 Å². The molecule has 0 aromatic rings. The predicted molar refractivity (Wildman–Crippen MR) is 52.9 cm³/mol. The van der Waals surface area contributed by atoms with E-state index >= 15 is 0 Å². The van der Waals surface area contributed by atoms with Gasteiger partial charge in [0.2, 0.25) is 0 Å². The predicted octanol–water partition coefficient (Wildman–Crippen LogP) is 3.55. The zero-order valence-electron chi connectivity index (χ0n) is 8.09. The Morgan fingerprint density at radius 2 is 1.92 bits per heavy atom. The van der Waals surface area contributed by atoms with E-state index in [0.29, 0.717) is 0 Å². The van der Waals surface area contributed by atoms with Gasteiger partial charge >= 0.3 is 0 Å². The summed E-state index contributed by atoms with van der Waals surface area (Å²) in [5, 5.41) is 0. The fourth-order valence-electron chi connectivity index (χ4n) is 2.69. The third-order valence-corrected chi connectivity index (χ3v) is 3.61. The van der Waals surface area contributed by atoms with Crippen molar-refractivity contribution in [2.45, 2.75) is 33.1 Å². The summed E-state index contributed by atoms with van der Waals surface area (Å²) in [5.74, 6) is 2.72. The highest BCUT2D eigenvalue weighted by Crippen LogP contribution is 2.41. The minimum atomic E-state index is 0.874. The summed E-state index contributed by atoms with van der Waals surface area (Å²) >= 11 is 0. The molecular weight excluding hydrogens is 144 g/mol. The Morgan fingerprint density at radius 1 is 1.17 bits per heavy atom. The highest BCUT2D eigenvalue weighted by molar-refractivity contribution is 5.15. The smallest absolute Gasteiger partial charge is 0.0137 e. The molecule has 3 unspecified atom stereocenters. The average molecular weight is 162 g/mol. The summed E-state index contributed by atoms with van der Waals surface area (Å²) in [5.41, 5.74) is 1.64. The molecule has 0 saturated carbocycles. The van der Waals surface area contributed by atoms with Crippen LogP contribution in [0.1, 0.15) is 33.1 Å². The molecule has 0 heterocycles. The van der Waals surface area contributed by atoms with Gasteiger partial charge in [0.25, 0.3) is 0 Å². The molecule has 2 rings (SSSR count). The summed E-state index contributed by atoms with van der Waals surface area (Å²) in [4.78, 5) is 0. The molecule has 0 fully saturated rings. The van der Waals surface area contributed by atoms with Gasteiger partial charge in [-0.2, -0.15) is 0 Å². The van der Waals surface area contributed by atoms with Crippen LogP contribution >= 0.6 is 0 Å². The molecule has 0 heteroatoms. The van der Waals surface area contributed by atoms with Crippen LogP contribution in [0.2, 0.25) is 0 Å². The van der Waals surface area contributed by atoms with Gasteiger partial charge in [-0.25, -0.2) is 0 Å². The fraction of sp³-hybridized carbons (Fsp3) is 0.667. The summed E-state index contributed by atoms with van der Waals surface area (Å²) < 4.78 is 0. The van der Waals surface area contributed by atoms with E-state index in [4.69, 9.17) is 0 Å². The van der Waals surface area contributed by atoms with Crippen molar-refractivity contribution in [3.05, 3.63) is 23.8 Å². The molecule has 12 heavy (non-hydrogen) atoms. The minimum Gasteiger partial charge on any atom is -0.0882 e. The molecule has 0 aliphatic heterocycles. The second-order valence-electron chi connectivity index (χ2n) is 4.37.